The van der Waals surface area contributed by atoms with Crippen LogP contribution in [0.25, 0.3) is 0 Å². The van der Waals surface area contributed by atoms with E-state index in [9.17, 15) is 14.4 Å². The lowest BCUT2D eigenvalue weighted by atomic mass is 9.74. The predicted molar refractivity (Wildman–Crippen MR) is 99.8 cm³/mol. The van der Waals surface area contributed by atoms with E-state index in [1.54, 1.807) is 45.2 Å². The van der Waals surface area contributed by atoms with Crippen molar-refractivity contribution < 1.29 is 19.1 Å². The van der Waals surface area contributed by atoms with Crippen LogP contribution < -0.4 is 0 Å². The van der Waals surface area contributed by atoms with Gasteiger partial charge in [-0.1, -0.05) is 35.4 Å². The van der Waals surface area contributed by atoms with Crippen molar-refractivity contribution in [3.05, 3.63) is 46.5 Å². The molecule has 0 saturated heterocycles. The van der Waals surface area contributed by atoms with E-state index in [4.69, 9.17) is 16.3 Å². The number of allylic oxidation sites excluding steroid dienone is 1. The van der Waals surface area contributed by atoms with Crippen LogP contribution in [0.3, 0.4) is 0 Å². The summed E-state index contributed by atoms with van der Waals surface area (Å²) in [5, 5.41) is 0.448. The fourth-order valence-electron chi connectivity index (χ4n) is 3.35. The van der Waals surface area contributed by atoms with Crippen LogP contribution in [0.4, 0.5) is 0 Å². The lowest BCUT2D eigenvalue weighted by Gasteiger charge is -2.43. The van der Waals surface area contributed by atoms with E-state index in [0.717, 1.165) is 18.4 Å². The minimum Gasteiger partial charge on any atom is -0.452 e. The number of nitrogens with zero attached hydrogens (tertiary/aromatic N) is 1. The quantitative estimate of drug-likeness (QED) is 0.580. The number of Topliss-reactive ketones (excluding diaryl/α,β-unsaturated/α-hetero) is 1. The first-order chi connectivity index (χ1) is 12.3. The summed E-state index contributed by atoms with van der Waals surface area (Å²) in [4.78, 5) is 38.7. The Hall–Kier alpha value is -2.14. The molecule has 2 rings (SSSR count). The highest BCUT2D eigenvalue weighted by atomic mass is 35.5. The Bertz CT molecular complexity index is 739. The topological polar surface area (TPSA) is 63.7 Å². The van der Waals surface area contributed by atoms with Gasteiger partial charge in [0.15, 0.2) is 12.4 Å². The molecule has 26 heavy (non-hydrogen) atoms. The van der Waals surface area contributed by atoms with Gasteiger partial charge in [0.05, 0.1) is 0 Å². The number of benzene rings is 1. The number of amides is 1. The number of hydrogen-bond donors (Lipinski definition) is 0. The molecule has 5 nitrogen and oxygen atoms in total. The number of ketones is 1. The van der Waals surface area contributed by atoms with Gasteiger partial charge in [0.1, 0.15) is 5.54 Å². The molecule has 1 aliphatic carbocycles. The second-order valence-electron chi connectivity index (χ2n) is 6.75. The largest absolute Gasteiger partial charge is 0.452 e. The molecular formula is C20H24ClNO4. The van der Waals surface area contributed by atoms with Crippen molar-refractivity contribution in [3.63, 3.8) is 0 Å². The molecule has 6 heteroatoms. The van der Waals surface area contributed by atoms with Crippen LogP contribution in [0, 0.1) is 0 Å². The molecule has 1 atom stereocenters. The van der Waals surface area contributed by atoms with E-state index < -0.39 is 24.0 Å². The van der Waals surface area contributed by atoms with Gasteiger partial charge in [-0.15, -0.1) is 0 Å². The summed E-state index contributed by atoms with van der Waals surface area (Å²) in [6.45, 7) is 3.11. The zero-order chi connectivity index (χ0) is 19.3. The predicted octanol–water partition coefficient (Wildman–Crippen LogP) is 3.65. The number of rotatable bonds is 5. The maximum atomic E-state index is 12.9. The van der Waals surface area contributed by atoms with Crippen LogP contribution in [-0.2, 0) is 24.7 Å². The Balaban J connectivity index is 2.30. The fraction of sp³-hybridized carbons (Fsp3) is 0.450. The number of likely N-dealkylation sites (N-methyl/N-ethyl adjacent to an activating group) is 1. The number of carbonyl (C=O) groups is 3. The van der Waals surface area contributed by atoms with E-state index in [1.807, 2.05) is 0 Å². The van der Waals surface area contributed by atoms with Crippen LogP contribution in [0.2, 0.25) is 5.02 Å². The Morgan fingerprint density at radius 1 is 1.27 bits per heavy atom. The molecule has 0 unspecified atom stereocenters. The summed E-state index contributed by atoms with van der Waals surface area (Å²) in [6.07, 6.45) is 3.82. The number of halogens is 1. The van der Waals surface area contributed by atoms with Crippen LogP contribution in [0.5, 0.6) is 0 Å². The monoisotopic (exact) mass is 377 g/mol. The zero-order valence-electron chi connectivity index (χ0n) is 15.4. The van der Waals surface area contributed by atoms with Gasteiger partial charge >= 0.3 is 5.97 Å². The fourth-order valence-corrected chi connectivity index (χ4v) is 3.64. The average Bonchev–Trinajstić information content (AvgIpc) is 2.60. The van der Waals surface area contributed by atoms with Crippen LogP contribution in [0.15, 0.2) is 35.9 Å². The molecule has 0 N–H and O–H groups in total. The smallest absolute Gasteiger partial charge is 0.331 e. The second kappa shape index (κ2) is 8.49. The Morgan fingerprint density at radius 2 is 1.96 bits per heavy atom. The molecule has 1 aliphatic rings. The maximum Gasteiger partial charge on any atom is 0.331 e. The van der Waals surface area contributed by atoms with Crippen LogP contribution in [-0.4, -0.2) is 36.2 Å². The van der Waals surface area contributed by atoms with E-state index in [-0.39, 0.29) is 5.78 Å². The van der Waals surface area contributed by atoms with Crippen molar-refractivity contribution in [2.45, 2.75) is 45.1 Å². The van der Waals surface area contributed by atoms with Gasteiger partial charge in [-0.3, -0.25) is 9.59 Å². The van der Waals surface area contributed by atoms with Crippen molar-refractivity contribution >= 4 is 29.3 Å². The third-order valence-electron chi connectivity index (χ3n) is 4.66. The molecule has 0 radical (unpaired) electrons. The standard InChI is InChI=1S/C20H24ClNO4/c1-14(2)12-19(25)26-13-18(24)22(3)20(11-7-6-10-17(20)23)15-8-4-5-9-16(15)21/h4-5,8-9,12H,6-7,10-11,13H2,1-3H3/t20-/m1/s1. The third kappa shape index (κ3) is 4.15. The highest BCUT2D eigenvalue weighted by Gasteiger charge is 2.47. The highest BCUT2D eigenvalue weighted by Crippen LogP contribution is 2.42. The average molecular weight is 378 g/mol. The Labute approximate surface area is 159 Å². The summed E-state index contributed by atoms with van der Waals surface area (Å²) >= 11 is 6.36. The molecule has 1 saturated carbocycles. The van der Waals surface area contributed by atoms with Gasteiger partial charge in [0.25, 0.3) is 5.91 Å². The molecule has 1 amide bonds. The summed E-state index contributed by atoms with van der Waals surface area (Å²) in [7, 11) is 1.57. The first-order valence-corrected chi connectivity index (χ1v) is 9.03. The van der Waals surface area contributed by atoms with Crippen molar-refractivity contribution in [1.82, 2.24) is 4.90 Å². The minimum absolute atomic E-state index is 0.0386. The van der Waals surface area contributed by atoms with E-state index in [1.165, 1.54) is 11.0 Å². The number of carbonyl (C=O) groups excluding carboxylic acids is 3. The summed E-state index contributed by atoms with van der Waals surface area (Å²) in [5.41, 5.74) is 0.292. The Morgan fingerprint density at radius 3 is 2.58 bits per heavy atom. The molecule has 0 heterocycles. The number of esters is 1. The zero-order valence-corrected chi connectivity index (χ0v) is 16.1. The lowest BCUT2D eigenvalue weighted by molar-refractivity contribution is -0.155. The Kier molecular flexibility index (Phi) is 6.59. The van der Waals surface area contributed by atoms with Crippen molar-refractivity contribution in [1.29, 1.82) is 0 Å². The van der Waals surface area contributed by atoms with E-state index >= 15 is 0 Å². The molecule has 0 aliphatic heterocycles. The number of ether oxygens (including phenoxy) is 1. The third-order valence-corrected chi connectivity index (χ3v) is 4.99. The summed E-state index contributed by atoms with van der Waals surface area (Å²) < 4.78 is 5.02. The molecule has 1 aromatic rings. The first kappa shape index (κ1) is 20.2. The van der Waals surface area contributed by atoms with Gasteiger partial charge in [0.2, 0.25) is 0 Å². The van der Waals surface area contributed by atoms with Gasteiger partial charge in [-0.25, -0.2) is 4.79 Å². The SMILES string of the molecule is CC(C)=CC(=O)OCC(=O)N(C)[C@@]1(c2ccccc2Cl)CCCCC1=O. The summed E-state index contributed by atoms with van der Waals surface area (Å²) in [6, 6.07) is 7.09. The molecule has 0 spiro atoms. The van der Waals surface area contributed by atoms with Gasteiger partial charge < -0.3 is 9.64 Å². The molecule has 1 aromatic carbocycles. The van der Waals surface area contributed by atoms with Crippen molar-refractivity contribution in [2.24, 2.45) is 0 Å². The van der Waals surface area contributed by atoms with Crippen LogP contribution >= 0.6 is 11.6 Å². The molecule has 0 bridgehead atoms. The van der Waals surface area contributed by atoms with Gasteiger partial charge in [-0.2, -0.15) is 0 Å². The van der Waals surface area contributed by atoms with Crippen molar-refractivity contribution in [2.75, 3.05) is 13.7 Å². The number of hydrogen-bond acceptors (Lipinski definition) is 4. The van der Waals surface area contributed by atoms with Crippen molar-refractivity contribution in [3.8, 4) is 0 Å². The highest BCUT2D eigenvalue weighted by molar-refractivity contribution is 6.31. The van der Waals surface area contributed by atoms with Gasteiger partial charge in [-0.05, 0) is 39.2 Å². The molecular weight excluding hydrogens is 354 g/mol. The van der Waals surface area contributed by atoms with Crippen LogP contribution in [0.1, 0.15) is 45.1 Å². The maximum absolute atomic E-state index is 12.9. The molecule has 1 fully saturated rings. The molecule has 140 valence electrons. The lowest BCUT2D eigenvalue weighted by Crippen LogP contribution is -2.55. The van der Waals surface area contributed by atoms with E-state index in [2.05, 4.69) is 0 Å². The van der Waals surface area contributed by atoms with Gasteiger partial charge in [0, 0.05) is 30.1 Å². The summed E-state index contributed by atoms with van der Waals surface area (Å²) in [5.74, 6) is -1.05. The second-order valence-corrected chi connectivity index (χ2v) is 7.16. The normalized spacial score (nSPS) is 19.6. The van der Waals surface area contributed by atoms with E-state index in [0.29, 0.717) is 23.4 Å². The first-order valence-electron chi connectivity index (χ1n) is 8.65. The molecule has 0 aromatic heterocycles. The minimum atomic E-state index is -1.11.